The third-order valence-electron chi connectivity index (χ3n) is 9.58. The van der Waals surface area contributed by atoms with Crippen molar-refractivity contribution in [2.45, 2.75) is 57.6 Å². The number of carbonyl (C=O) groups is 1. The van der Waals surface area contributed by atoms with E-state index >= 15 is 0 Å². The highest BCUT2D eigenvalue weighted by Gasteiger charge is 2.55. The van der Waals surface area contributed by atoms with Crippen LogP contribution < -0.4 is 19.9 Å². The molecule has 0 radical (unpaired) electrons. The zero-order valence-corrected chi connectivity index (χ0v) is 24.0. The molecule has 4 saturated carbocycles. The molecule has 2 amide bonds. The van der Waals surface area contributed by atoms with Gasteiger partial charge in [0.25, 0.3) is 0 Å². The number of aromatic nitrogens is 1. The summed E-state index contributed by atoms with van der Waals surface area (Å²) in [5.41, 5.74) is 4.52. The molecule has 41 heavy (non-hydrogen) atoms. The predicted octanol–water partition coefficient (Wildman–Crippen LogP) is 6.39. The summed E-state index contributed by atoms with van der Waals surface area (Å²) in [6.07, 6.45) is 6.67. The summed E-state index contributed by atoms with van der Waals surface area (Å²) < 4.78 is 5.78. The van der Waals surface area contributed by atoms with E-state index in [0.717, 1.165) is 66.2 Å². The van der Waals surface area contributed by atoms with E-state index in [1.54, 1.807) is 6.20 Å². The van der Waals surface area contributed by atoms with Crippen LogP contribution in [0.4, 0.5) is 21.9 Å². The van der Waals surface area contributed by atoms with Crippen molar-refractivity contribution in [1.82, 2.24) is 10.3 Å². The predicted molar refractivity (Wildman–Crippen MR) is 162 cm³/mol. The van der Waals surface area contributed by atoms with Gasteiger partial charge in [-0.05, 0) is 92.2 Å². The van der Waals surface area contributed by atoms with Gasteiger partial charge in [0.05, 0.1) is 35.5 Å². The first kappa shape index (κ1) is 26.3. The maximum Gasteiger partial charge on any atom is 0.322 e. The summed E-state index contributed by atoms with van der Waals surface area (Å²) in [7, 11) is 0. The smallest absolute Gasteiger partial charge is 0.322 e. The number of amides is 2. The Balaban J connectivity index is 1.05. The molecule has 7 nitrogen and oxygen atoms in total. The van der Waals surface area contributed by atoms with Gasteiger partial charge in [0.15, 0.2) is 0 Å². The molecular formula is C34H40N4O3. The van der Waals surface area contributed by atoms with Crippen molar-refractivity contribution in [2.24, 2.45) is 23.7 Å². The van der Waals surface area contributed by atoms with Crippen molar-refractivity contribution >= 4 is 23.1 Å². The minimum atomic E-state index is -0.493. The first-order valence-corrected chi connectivity index (χ1v) is 15.2. The molecule has 2 unspecified atom stereocenters. The molecule has 2 heterocycles. The van der Waals surface area contributed by atoms with Gasteiger partial charge in [0.1, 0.15) is 5.75 Å². The number of nitrogens with one attached hydrogen (secondary N) is 1. The van der Waals surface area contributed by atoms with Crippen LogP contribution in [0.3, 0.4) is 0 Å². The summed E-state index contributed by atoms with van der Waals surface area (Å²) in [6.45, 7) is 6.26. The highest BCUT2D eigenvalue weighted by atomic mass is 16.5. The van der Waals surface area contributed by atoms with Gasteiger partial charge < -0.3 is 20.1 Å². The summed E-state index contributed by atoms with van der Waals surface area (Å²) in [6, 6.07) is 20.8. The fourth-order valence-electron chi connectivity index (χ4n) is 7.99. The van der Waals surface area contributed by atoms with Crippen molar-refractivity contribution < 1.29 is 14.6 Å². The summed E-state index contributed by atoms with van der Waals surface area (Å²) >= 11 is 0. The normalized spacial score (nSPS) is 28.1. The molecule has 2 aromatic carbocycles. The lowest BCUT2D eigenvalue weighted by Crippen LogP contribution is -2.63. The molecule has 8 rings (SSSR count). The van der Waals surface area contributed by atoms with E-state index in [0.29, 0.717) is 43.4 Å². The molecule has 3 aromatic rings. The molecule has 2 N–H and O–H groups in total. The molecule has 0 spiro atoms. The summed E-state index contributed by atoms with van der Waals surface area (Å²) in [5.74, 6) is 2.67. The molecule has 4 bridgehead atoms. The van der Waals surface area contributed by atoms with E-state index in [1.807, 2.05) is 35.2 Å². The molecule has 1 aliphatic heterocycles. The number of hydrogen-bond donors (Lipinski definition) is 2. The lowest BCUT2D eigenvalue weighted by atomic mass is 9.52. The van der Waals surface area contributed by atoms with Crippen molar-refractivity contribution in [3.8, 4) is 17.0 Å². The molecule has 2 atom stereocenters. The van der Waals surface area contributed by atoms with E-state index in [9.17, 15) is 9.90 Å². The number of urea groups is 1. The Morgan fingerprint density at radius 1 is 1.00 bits per heavy atom. The highest BCUT2D eigenvalue weighted by Crippen LogP contribution is 2.55. The van der Waals surface area contributed by atoms with Crippen LogP contribution in [0.5, 0.6) is 5.75 Å². The maximum absolute atomic E-state index is 13.7. The zero-order valence-electron chi connectivity index (χ0n) is 24.0. The van der Waals surface area contributed by atoms with Crippen LogP contribution in [-0.2, 0) is 0 Å². The number of para-hydroxylation sites is 2. The number of pyridine rings is 1. The largest absolute Gasteiger partial charge is 0.492 e. The van der Waals surface area contributed by atoms with Gasteiger partial charge in [-0.1, -0.05) is 38.1 Å². The SMILES string of the molecule is CC(C)COc1ccc(-c2ccc(N3CCN(C(=O)NC4C5CC6CC4CC(O)(C6)C5)c4ccccc43)cc2)nc1. The van der Waals surface area contributed by atoms with Gasteiger partial charge >= 0.3 is 6.03 Å². The number of rotatable bonds is 6. The highest BCUT2D eigenvalue weighted by molar-refractivity contribution is 5.98. The Labute approximate surface area is 242 Å². The van der Waals surface area contributed by atoms with Gasteiger partial charge in [-0.25, -0.2) is 4.79 Å². The van der Waals surface area contributed by atoms with E-state index in [1.165, 1.54) is 0 Å². The van der Waals surface area contributed by atoms with Crippen LogP contribution >= 0.6 is 0 Å². The van der Waals surface area contributed by atoms with Crippen molar-refractivity contribution in [3.63, 3.8) is 0 Å². The van der Waals surface area contributed by atoms with Crippen LogP contribution in [0, 0.1) is 23.7 Å². The lowest BCUT2D eigenvalue weighted by molar-refractivity contribution is -0.136. The maximum atomic E-state index is 13.7. The van der Waals surface area contributed by atoms with Gasteiger partial charge in [0.2, 0.25) is 0 Å². The van der Waals surface area contributed by atoms with Crippen LogP contribution in [0.15, 0.2) is 66.9 Å². The fraction of sp³-hybridized carbons (Fsp3) is 0.471. The Morgan fingerprint density at radius 2 is 1.73 bits per heavy atom. The van der Waals surface area contributed by atoms with Gasteiger partial charge in [0, 0.05) is 30.4 Å². The van der Waals surface area contributed by atoms with Crippen LogP contribution in [-0.4, -0.2) is 47.5 Å². The number of fused-ring (bicyclic) bond motifs is 1. The number of carbonyl (C=O) groups excluding carboxylic acids is 1. The second kappa shape index (κ2) is 10.4. The Morgan fingerprint density at radius 3 is 2.39 bits per heavy atom. The number of hydrogen-bond acceptors (Lipinski definition) is 5. The van der Waals surface area contributed by atoms with Crippen molar-refractivity contribution in [2.75, 3.05) is 29.5 Å². The van der Waals surface area contributed by atoms with Crippen LogP contribution in [0.1, 0.15) is 46.0 Å². The van der Waals surface area contributed by atoms with E-state index in [4.69, 9.17) is 4.74 Å². The van der Waals surface area contributed by atoms with E-state index < -0.39 is 5.60 Å². The van der Waals surface area contributed by atoms with Crippen molar-refractivity contribution in [3.05, 3.63) is 66.9 Å². The van der Waals surface area contributed by atoms with E-state index in [-0.39, 0.29) is 12.1 Å². The second-order valence-corrected chi connectivity index (χ2v) is 13.1. The first-order chi connectivity index (χ1) is 19.8. The Hall–Kier alpha value is -3.58. The van der Waals surface area contributed by atoms with Crippen LogP contribution in [0.25, 0.3) is 11.3 Å². The standard InChI is InChI=1S/C34H40N4O3/c1-22(2)21-41-28-11-12-29(35-20-28)24-7-9-27(10-8-24)37-13-14-38(31-6-4-3-5-30(31)37)33(39)36-32-25-15-23-16-26(32)19-34(40,17-23)18-25/h3-12,20,22-23,25-26,32,40H,13-19,21H2,1-2H3,(H,36,39). The molecular weight excluding hydrogens is 512 g/mol. The fourth-order valence-corrected chi connectivity index (χ4v) is 7.99. The molecule has 7 heteroatoms. The minimum Gasteiger partial charge on any atom is -0.492 e. The lowest BCUT2D eigenvalue weighted by Gasteiger charge is -2.58. The quantitative estimate of drug-likeness (QED) is 0.371. The number of benzene rings is 2. The zero-order chi connectivity index (χ0) is 28.1. The molecule has 0 saturated heterocycles. The van der Waals surface area contributed by atoms with Crippen LogP contribution in [0.2, 0.25) is 0 Å². The van der Waals surface area contributed by atoms with Gasteiger partial charge in [-0.15, -0.1) is 0 Å². The average Bonchev–Trinajstić information content (AvgIpc) is 2.97. The molecule has 4 fully saturated rings. The summed E-state index contributed by atoms with van der Waals surface area (Å²) in [5, 5.41) is 14.4. The molecule has 1 aromatic heterocycles. The Kier molecular flexibility index (Phi) is 6.65. The summed E-state index contributed by atoms with van der Waals surface area (Å²) in [4.78, 5) is 22.5. The number of anilines is 3. The first-order valence-electron chi connectivity index (χ1n) is 15.2. The Bertz CT molecular complexity index is 1390. The third kappa shape index (κ3) is 5.05. The molecule has 5 aliphatic rings. The van der Waals surface area contributed by atoms with Gasteiger partial charge in [-0.3, -0.25) is 9.88 Å². The molecule has 214 valence electrons. The number of aliphatic hydroxyl groups is 1. The number of nitrogens with zero attached hydrogens (tertiary/aromatic N) is 3. The van der Waals surface area contributed by atoms with Crippen molar-refractivity contribution in [1.29, 1.82) is 0 Å². The molecule has 4 aliphatic carbocycles. The second-order valence-electron chi connectivity index (χ2n) is 13.1. The number of ether oxygens (including phenoxy) is 1. The minimum absolute atomic E-state index is 0.0104. The third-order valence-corrected chi connectivity index (χ3v) is 9.58. The van der Waals surface area contributed by atoms with Gasteiger partial charge in [-0.2, -0.15) is 0 Å². The van der Waals surface area contributed by atoms with E-state index in [2.05, 4.69) is 59.4 Å². The monoisotopic (exact) mass is 552 g/mol. The average molecular weight is 553 g/mol. The topological polar surface area (TPSA) is 77.9 Å².